The van der Waals surface area contributed by atoms with Crippen LogP contribution in [0.2, 0.25) is 0 Å². The Balaban J connectivity index is 1.24. The minimum absolute atomic E-state index is 0.0407. The Morgan fingerprint density at radius 2 is 1.97 bits per heavy atom. The summed E-state index contributed by atoms with van der Waals surface area (Å²) in [6.45, 7) is 0.451. The number of benzene rings is 2. The third kappa shape index (κ3) is 5.60. The average Bonchev–Trinajstić information content (AvgIpc) is 3.45. The number of nitrogens with one attached hydrogen (secondary N) is 1. The van der Waals surface area contributed by atoms with E-state index < -0.39 is 0 Å². The highest BCUT2D eigenvalue weighted by Crippen LogP contribution is 2.29. The molecule has 1 fully saturated rings. The molecular weight excluding hydrogens is 398 g/mol. The molecule has 1 aliphatic carbocycles. The lowest BCUT2D eigenvalue weighted by atomic mass is 10.2. The van der Waals surface area contributed by atoms with Gasteiger partial charge in [-0.25, -0.2) is 4.68 Å². The first-order valence-electron chi connectivity index (χ1n) is 10.2. The van der Waals surface area contributed by atoms with Crippen LogP contribution in [0.5, 0.6) is 5.75 Å². The summed E-state index contributed by atoms with van der Waals surface area (Å²) in [6, 6.07) is 17.8. The first kappa shape index (κ1) is 20.4. The summed E-state index contributed by atoms with van der Waals surface area (Å²) >= 11 is 1.52. The smallest absolute Gasteiger partial charge is 0.234 e. The van der Waals surface area contributed by atoms with E-state index in [9.17, 15) is 4.79 Å². The maximum Gasteiger partial charge on any atom is 0.234 e. The van der Waals surface area contributed by atoms with Crippen molar-refractivity contribution in [3.05, 3.63) is 66.0 Å². The molecule has 156 valence electrons. The van der Waals surface area contributed by atoms with E-state index in [1.54, 1.807) is 0 Å². The molecule has 1 aromatic heterocycles. The second-order valence-electron chi connectivity index (χ2n) is 7.32. The van der Waals surface area contributed by atoms with Gasteiger partial charge in [-0.05, 0) is 53.1 Å². The monoisotopic (exact) mass is 423 g/mol. The minimum atomic E-state index is -0.0407. The number of hydrogen-bond donors (Lipinski definition) is 1. The summed E-state index contributed by atoms with van der Waals surface area (Å²) in [7, 11) is 0. The van der Waals surface area contributed by atoms with Crippen molar-refractivity contribution in [1.29, 1.82) is 0 Å². The van der Waals surface area contributed by atoms with Crippen LogP contribution < -0.4 is 10.1 Å². The van der Waals surface area contributed by atoms with Gasteiger partial charge >= 0.3 is 0 Å². The molecule has 0 saturated heterocycles. The number of thioether (sulfide) groups is 1. The standard InChI is InChI=1S/C22H25N5O2S/c28-22(16-30-15-21-24-25-26-27(21)19-9-4-5-10-19)23-18-8-6-7-17(13-18)14-29-20-11-2-1-3-12-20/h1-3,6-8,11-13,19H,4-5,9-10,14-16H2,(H,23,28). The lowest BCUT2D eigenvalue weighted by Crippen LogP contribution is -2.15. The Morgan fingerprint density at radius 1 is 1.13 bits per heavy atom. The van der Waals surface area contributed by atoms with Gasteiger partial charge in [0, 0.05) is 5.69 Å². The van der Waals surface area contributed by atoms with Crippen molar-refractivity contribution in [2.45, 2.75) is 44.1 Å². The van der Waals surface area contributed by atoms with Gasteiger partial charge in [0.25, 0.3) is 0 Å². The Labute approximate surface area is 180 Å². The molecule has 3 aromatic rings. The van der Waals surface area contributed by atoms with Crippen molar-refractivity contribution in [2.24, 2.45) is 0 Å². The van der Waals surface area contributed by atoms with Gasteiger partial charge in [-0.2, -0.15) is 0 Å². The lowest BCUT2D eigenvalue weighted by Gasteiger charge is -2.11. The molecule has 1 N–H and O–H groups in total. The summed E-state index contributed by atoms with van der Waals surface area (Å²) < 4.78 is 7.71. The number of aromatic nitrogens is 4. The van der Waals surface area contributed by atoms with E-state index in [2.05, 4.69) is 20.8 Å². The number of carbonyl (C=O) groups excluding carboxylic acids is 1. The fraction of sp³-hybridized carbons (Fsp3) is 0.364. The lowest BCUT2D eigenvalue weighted by molar-refractivity contribution is -0.113. The van der Waals surface area contributed by atoms with Gasteiger partial charge in [0.2, 0.25) is 5.91 Å². The molecule has 0 bridgehead atoms. The third-order valence-corrected chi connectivity index (χ3v) is 5.98. The maximum absolute atomic E-state index is 12.4. The van der Waals surface area contributed by atoms with Gasteiger partial charge in [0.05, 0.1) is 17.5 Å². The van der Waals surface area contributed by atoms with Gasteiger partial charge in [-0.1, -0.05) is 43.2 Å². The molecule has 8 heteroatoms. The number of anilines is 1. The second kappa shape index (κ2) is 10.2. The van der Waals surface area contributed by atoms with Crippen LogP contribution in [0.1, 0.15) is 43.1 Å². The molecule has 1 heterocycles. The van der Waals surface area contributed by atoms with Crippen LogP contribution in [0.3, 0.4) is 0 Å². The predicted octanol–water partition coefficient (Wildman–Crippen LogP) is 4.24. The topological polar surface area (TPSA) is 81.9 Å². The molecule has 7 nitrogen and oxygen atoms in total. The zero-order valence-electron chi connectivity index (χ0n) is 16.7. The van der Waals surface area contributed by atoms with Crippen LogP contribution in [0.4, 0.5) is 5.69 Å². The minimum Gasteiger partial charge on any atom is -0.489 e. The van der Waals surface area contributed by atoms with Crippen LogP contribution in [0, 0.1) is 0 Å². The molecule has 2 aromatic carbocycles. The van der Waals surface area contributed by atoms with Crippen molar-refractivity contribution in [2.75, 3.05) is 11.1 Å². The van der Waals surface area contributed by atoms with Gasteiger partial charge < -0.3 is 10.1 Å². The van der Waals surface area contributed by atoms with E-state index in [0.29, 0.717) is 24.2 Å². The van der Waals surface area contributed by atoms with Crippen LogP contribution in [0.15, 0.2) is 54.6 Å². The van der Waals surface area contributed by atoms with E-state index in [0.717, 1.165) is 35.7 Å². The largest absolute Gasteiger partial charge is 0.489 e. The summed E-state index contributed by atoms with van der Waals surface area (Å²) in [5.41, 5.74) is 1.77. The Kier molecular flexibility index (Phi) is 6.97. The highest BCUT2D eigenvalue weighted by atomic mass is 32.2. The van der Waals surface area contributed by atoms with Gasteiger partial charge in [-0.3, -0.25) is 4.79 Å². The number of hydrogen-bond acceptors (Lipinski definition) is 6. The number of amides is 1. The Bertz CT molecular complexity index is 957. The highest BCUT2D eigenvalue weighted by molar-refractivity contribution is 7.99. The molecule has 1 aliphatic rings. The molecule has 1 saturated carbocycles. The molecule has 0 radical (unpaired) electrons. The van der Waals surface area contributed by atoms with Crippen LogP contribution in [-0.4, -0.2) is 31.9 Å². The molecule has 0 aliphatic heterocycles. The highest BCUT2D eigenvalue weighted by Gasteiger charge is 2.21. The number of tetrazole rings is 1. The van der Waals surface area contributed by atoms with E-state index in [4.69, 9.17) is 4.74 Å². The summed E-state index contributed by atoms with van der Waals surface area (Å²) in [5, 5.41) is 15.1. The van der Waals surface area contributed by atoms with Crippen LogP contribution in [-0.2, 0) is 17.2 Å². The Hall–Kier alpha value is -2.87. The van der Waals surface area contributed by atoms with Gasteiger partial charge in [0.1, 0.15) is 12.4 Å². The van der Waals surface area contributed by atoms with E-state index in [-0.39, 0.29) is 5.91 Å². The Morgan fingerprint density at radius 3 is 2.80 bits per heavy atom. The molecule has 0 unspecified atom stereocenters. The van der Waals surface area contributed by atoms with Gasteiger partial charge in [-0.15, -0.1) is 16.9 Å². The molecular formula is C22H25N5O2S. The zero-order chi connectivity index (χ0) is 20.6. The summed E-state index contributed by atoms with van der Waals surface area (Å²) in [5.74, 6) is 2.61. The molecule has 0 spiro atoms. The normalized spacial score (nSPS) is 14.0. The number of rotatable bonds is 9. The molecule has 1 amide bonds. The van der Waals surface area contributed by atoms with Gasteiger partial charge in [0.15, 0.2) is 5.82 Å². The van der Waals surface area contributed by atoms with Crippen LogP contribution >= 0.6 is 11.8 Å². The second-order valence-corrected chi connectivity index (χ2v) is 8.31. The number of carbonyl (C=O) groups is 1. The van der Waals surface area contributed by atoms with Crippen molar-refractivity contribution in [3.8, 4) is 5.75 Å². The fourth-order valence-electron chi connectivity index (χ4n) is 3.59. The van der Waals surface area contributed by atoms with Crippen molar-refractivity contribution in [3.63, 3.8) is 0 Å². The van der Waals surface area contributed by atoms with Crippen molar-refractivity contribution >= 4 is 23.4 Å². The van der Waals surface area contributed by atoms with E-state index in [1.165, 1.54) is 24.6 Å². The van der Waals surface area contributed by atoms with E-state index in [1.807, 2.05) is 59.3 Å². The quantitative estimate of drug-likeness (QED) is 0.554. The summed E-state index contributed by atoms with van der Waals surface area (Å²) in [4.78, 5) is 12.4. The van der Waals surface area contributed by atoms with Crippen molar-refractivity contribution in [1.82, 2.24) is 20.2 Å². The summed E-state index contributed by atoms with van der Waals surface area (Å²) in [6.07, 6.45) is 4.73. The zero-order valence-corrected chi connectivity index (χ0v) is 17.6. The number of ether oxygens (including phenoxy) is 1. The van der Waals surface area contributed by atoms with Crippen molar-refractivity contribution < 1.29 is 9.53 Å². The maximum atomic E-state index is 12.4. The average molecular weight is 424 g/mol. The molecule has 30 heavy (non-hydrogen) atoms. The van der Waals surface area contributed by atoms with Crippen LogP contribution in [0.25, 0.3) is 0 Å². The molecule has 0 atom stereocenters. The third-order valence-electron chi connectivity index (χ3n) is 5.06. The fourth-order valence-corrected chi connectivity index (χ4v) is 4.33. The first-order chi connectivity index (χ1) is 14.8. The molecule has 4 rings (SSSR count). The number of nitrogens with zero attached hydrogens (tertiary/aromatic N) is 4. The van der Waals surface area contributed by atoms with E-state index >= 15 is 0 Å². The SMILES string of the molecule is O=C(CSCc1nnnn1C1CCCC1)Nc1cccc(COc2ccccc2)c1. The first-order valence-corrected chi connectivity index (χ1v) is 11.3. The number of para-hydroxylation sites is 1. The predicted molar refractivity (Wildman–Crippen MR) is 117 cm³/mol.